The molecule has 2 heterocycles. The molecular weight excluding hydrogens is 460 g/mol. The highest BCUT2D eigenvalue weighted by atomic mass is 35.5. The number of allylic oxidation sites excluding steroid dienone is 1. The van der Waals surface area contributed by atoms with Crippen LogP contribution < -0.4 is 4.90 Å². The van der Waals surface area contributed by atoms with Gasteiger partial charge in [0.05, 0.1) is 17.8 Å². The lowest BCUT2D eigenvalue weighted by Crippen LogP contribution is -2.24. The van der Waals surface area contributed by atoms with Gasteiger partial charge >= 0.3 is 5.97 Å². The fourth-order valence-electron chi connectivity index (χ4n) is 4.75. The van der Waals surface area contributed by atoms with Crippen LogP contribution in [-0.4, -0.2) is 23.1 Å². The molecule has 0 saturated carbocycles. The highest BCUT2D eigenvalue weighted by molar-refractivity contribution is 6.30. The van der Waals surface area contributed by atoms with Crippen molar-refractivity contribution in [1.29, 1.82) is 0 Å². The first-order valence-corrected chi connectivity index (χ1v) is 12.0. The van der Waals surface area contributed by atoms with E-state index in [4.69, 9.17) is 16.3 Å². The summed E-state index contributed by atoms with van der Waals surface area (Å²) < 4.78 is 7.50. The first kappa shape index (κ1) is 24.6. The van der Waals surface area contributed by atoms with E-state index in [2.05, 4.69) is 36.6 Å². The first-order valence-electron chi connectivity index (χ1n) is 11.6. The predicted molar refractivity (Wildman–Crippen MR) is 141 cm³/mol. The molecule has 2 aromatic carbocycles. The molecule has 35 heavy (non-hydrogen) atoms. The van der Waals surface area contributed by atoms with E-state index >= 15 is 0 Å². The fraction of sp³-hybridized carbons (Fsp3) is 0.241. The number of carbonyl (C=O) groups is 2. The second-order valence-electron chi connectivity index (χ2n) is 8.86. The Bertz CT molecular complexity index is 1370. The number of halogens is 1. The number of hydrogen-bond donors (Lipinski definition) is 0. The number of esters is 1. The summed E-state index contributed by atoms with van der Waals surface area (Å²) in [6.07, 6.45) is 1.80. The summed E-state index contributed by atoms with van der Waals surface area (Å²) in [5.41, 5.74) is 8.10. The molecule has 0 saturated heterocycles. The number of nitrogens with zero attached hydrogens (tertiary/aromatic N) is 2. The quantitative estimate of drug-likeness (QED) is 0.299. The Morgan fingerprint density at radius 1 is 0.943 bits per heavy atom. The maximum Gasteiger partial charge on any atom is 0.340 e. The molecule has 1 aromatic heterocycles. The summed E-state index contributed by atoms with van der Waals surface area (Å²) >= 11 is 6.05. The van der Waals surface area contributed by atoms with E-state index in [0.717, 1.165) is 22.6 Å². The van der Waals surface area contributed by atoms with Gasteiger partial charge in [-0.15, -0.1) is 0 Å². The monoisotopic (exact) mass is 488 g/mol. The molecule has 0 bridgehead atoms. The van der Waals surface area contributed by atoms with Crippen LogP contribution in [0.5, 0.6) is 0 Å². The molecule has 0 aliphatic carbocycles. The zero-order chi connectivity index (χ0) is 25.4. The Morgan fingerprint density at radius 2 is 1.57 bits per heavy atom. The number of aromatic nitrogens is 1. The van der Waals surface area contributed by atoms with E-state index in [9.17, 15) is 9.59 Å². The van der Waals surface area contributed by atoms with Gasteiger partial charge in [-0.05, 0) is 107 Å². The minimum Gasteiger partial charge on any atom is -0.462 e. The van der Waals surface area contributed by atoms with Gasteiger partial charge in [-0.1, -0.05) is 17.7 Å². The van der Waals surface area contributed by atoms with Crippen LogP contribution in [0.3, 0.4) is 0 Å². The third-order valence-corrected chi connectivity index (χ3v) is 6.45. The molecule has 3 aromatic rings. The lowest BCUT2D eigenvalue weighted by molar-refractivity contribution is -0.138. The summed E-state index contributed by atoms with van der Waals surface area (Å²) in [6.45, 7) is 12.0. The number of benzene rings is 2. The van der Waals surface area contributed by atoms with Gasteiger partial charge in [0.2, 0.25) is 0 Å². The predicted octanol–water partition coefficient (Wildman–Crippen LogP) is 6.63. The lowest BCUT2D eigenvalue weighted by Gasteiger charge is -2.18. The van der Waals surface area contributed by atoms with Crippen LogP contribution >= 0.6 is 11.6 Å². The first-order chi connectivity index (χ1) is 16.6. The highest BCUT2D eigenvalue weighted by Crippen LogP contribution is 2.37. The van der Waals surface area contributed by atoms with Crippen molar-refractivity contribution >= 4 is 35.2 Å². The molecule has 180 valence electrons. The van der Waals surface area contributed by atoms with Gasteiger partial charge in [0.25, 0.3) is 5.91 Å². The second-order valence-corrected chi connectivity index (χ2v) is 9.30. The number of rotatable bonds is 5. The molecule has 4 rings (SSSR count). The molecule has 6 heteroatoms. The van der Waals surface area contributed by atoms with Crippen LogP contribution in [0, 0.1) is 27.7 Å². The summed E-state index contributed by atoms with van der Waals surface area (Å²) in [5, 5.41) is 0.572. The van der Waals surface area contributed by atoms with Crippen LogP contribution in [0.1, 0.15) is 41.9 Å². The average Bonchev–Trinajstić information content (AvgIpc) is 3.20. The minimum absolute atomic E-state index is 0.221. The van der Waals surface area contributed by atoms with Crippen molar-refractivity contribution in [3.8, 4) is 5.69 Å². The topological polar surface area (TPSA) is 51.5 Å². The molecule has 5 nitrogen and oxygen atoms in total. The van der Waals surface area contributed by atoms with Gasteiger partial charge in [0.15, 0.2) is 0 Å². The normalized spacial score (nSPS) is 14.9. The summed E-state index contributed by atoms with van der Waals surface area (Å²) in [6, 6.07) is 15.4. The summed E-state index contributed by atoms with van der Waals surface area (Å²) in [4.78, 5) is 28.2. The van der Waals surface area contributed by atoms with Gasteiger partial charge in [0, 0.05) is 33.5 Å². The van der Waals surface area contributed by atoms with E-state index in [1.54, 1.807) is 44.2 Å². The van der Waals surface area contributed by atoms with Gasteiger partial charge in [-0.3, -0.25) is 9.69 Å². The molecule has 0 N–H and O–H groups in total. The number of aryl methyl sites for hydroxylation is 3. The molecule has 0 fully saturated rings. The Morgan fingerprint density at radius 3 is 2.17 bits per heavy atom. The molecule has 0 spiro atoms. The SMILES string of the molecule is CCOC(=O)C1=C(C)N(c2ccc(Cl)cc2)C(=O)/C1=C\c1cc(C)n(-c2cc(C)cc(C)c2)c1C. The average molecular weight is 489 g/mol. The molecule has 1 amide bonds. The van der Waals surface area contributed by atoms with Crippen LogP contribution in [0.2, 0.25) is 5.02 Å². The van der Waals surface area contributed by atoms with Gasteiger partial charge in [0.1, 0.15) is 0 Å². The molecule has 0 unspecified atom stereocenters. The van der Waals surface area contributed by atoms with E-state index in [-0.39, 0.29) is 18.1 Å². The van der Waals surface area contributed by atoms with Gasteiger partial charge in [-0.25, -0.2) is 4.79 Å². The zero-order valence-electron chi connectivity index (χ0n) is 20.9. The molecular formula is C29H29ClN2O3. The minimum atomic E-state index is -0.510. The van der Waals surface area contributed by atoms with Gasteiger partial charge < -0.3 is 9.30 Å². The Hall–Kier alpha value is -3.57. The molecule has 0 atom stereocenters. The van der Waals surface area contributed by atoms with E-state index in [0.29, 0.717) is 22.0 Å². The van der Waals surface area contributed by atoms with Crippen LogP contribution in [-0.2, 0) is 14.3 Å². The highest BCUT2D eigenvalue weighted by Gasteiger charge is 2.38. The Labute approximate surface area is 211 Å². The van der Waals surface area contributed by atoms with Crippen LogP contribution in [0.15, 0.2) is 65.4 Å². The largest absolute Gasteiger partial charge is 0.462 e. The standard InChI is InChI=1S/C29H29ClN2O3/c1-7-35-29(34)27-21(6)32(24-10-8-23(30)9-11-24)28(33)26(27)16-22-15-19(4)31(20(22)5)25-13-17(2)12-18(3)14-25/h8-16H,7H2,1-6H3/b26-16-. The van der Waals surface area contributed by atoms with Crippen molar-refractivity contribution in [1.82, 2.24) is 4.57 Å². The van der Waals surface area contributed by atoms with E-state index < -0.39 is 5.97 Å². The third kappa shape index (κ3) is 4.56. The maximum absolute atomic E-state index is 13.7. The number of ether oxygens (including phenoxy) is 1. The van der Waals surface area contributed by atoms with Crippen molar-refractivity contribution in [2.75, 3.05) is 11.5 Å². The van der Waals surface area contributed by atoms with Crippen molar-refractivity contribution < 1.29 is 14.3 Å². The number of amides is 1. The van der Waals surface area contributed by atoms with Crippen molar-refractivity contribution in [2.45, 2.75) is 41.5 Å². The van der Waals surface area contributed by atoms with Gasteiger partial charge in [-0.2, -0.15) is 0 Å². The summed E-state index contributed by atoms with van der Waals surface area (Å²) in [7, 11) is 0. The Balaban J connectivity index is 1.85. The Kier molecular flexibility index (Phi) is 6.73. The lowest BCUT2D eigenvalue weighted by atomic mass is 10.0. The molecule has 1 aliphatic heterocycles. The number of hydrogen-bond acceptors (Lipinski definition) is 3. The van der Waals surface area contributed by atoms with E-state index in [1.807, 2.05) is 19.9 Å². The maximum atomic E-state index is 13.7. The van der Waals surface area contributed by atoms with Crippen molar-refractivity contribution in [2.24, 2.45) is 0 Å². The van der Waals surface area contributed by atoms with E-state index in [1.165, 1.54) is 16.0 Å². The van der Waals surface area contributed by atoms with Crippen LogP contribution in [0.25, 0.3) is 11.8 Å². The molecule has 1 aliphatic rings. The number of carbonyl (C=O) groups excluding carboxylic acids is 2. The third-order valence-electron chi connectivity index (χ3n) is 6.20. The second kappa shape index (κ2) is 9.59. The van der Waals surface area contributed by atoms with Crippen molar-refractivity contribution in [3.05, 3.63) is 98.5 Å². The van der Waals surface area contributed by atoms with Crippen molar-refractivity contribution in [3.63, 3.8) is 0 Å². The van der Waals surface area contributed by atoms with Crippen LogP contribution in [0.4, 0.5) is 5.69 Å². The summed E-state index contributed by atoms with van der Waals surface area (Å²) in [5.74, 6) is -0.784. The number of anilines is 1. The molecule has 0 radical (unpaired) electrons. The smallest absolute Gasteiger partial charge is 0.340 e. The fourth-order valence-corrected chi connectivity index (χ4v) is 4.87. The zero-order valence-corrected chi connectivity index (χ0v) is 21.7.